The average Bonchev–Trinajstić information content (AvgIpc) is 3.47. The second-order valence-electron chi connectivity index (χ2n) is 8.00. The number of furan rings is 1. The molecule has 6 heteroatoms. The van der Waals surface area contributed by atoms with Crippen molar-refractivity contribution in [2.75, 3.05) is 4.90 Å². The molecule has 2 fully saturated rings. The van der Waals surface area contributed by atoms with E-state index in [1.54, 1.807) is 6.26 Å². The number of likely N-dealkylation sites (tertiary alicyclic amines) is 1. The van der Waals surface area contributed by atoms with Gasteiger partial charge in [-0.2, -0.15) is 0 Å². The molecule has 0 bridgehead atoms. The highest BCUT2D eigenvalue weighted by molar-refractivity contribution is 6.07. The normalized spacial score (nSPS) is 27.2. The van der Waals surface area contributed by atoms with Crippen LogP contribution in [-0.2, 0) is 27.5 Å². The van der Waals surface area contributed by atoms with E-state index >= 15 is 0 Å². The van der Waals surface area contributed by atoms with Crippen molar-refractivity contribution in [2.45, 2.75) is 25.4 Å². The summed E-state index contributed by atoms with van der Waals surface area (Å²) in [6, 6.07) is 20.9. The summed E-state index contributed by atoms with van der Waals surface area (Å²) in [7, 11) is 0. The molecule has 0 spiro atoms. The molecular weight excluding hydrogens is 380 g/mol. The lowest BCUT2D eigenvalue weighted by molar-refractivity contribution is -0.142. The maximum Gasteiger partial charge on any atom is 0.238 e. The largest absolute Gasteiger partial charge is 0.467 e. The van der Waals surface area contributed by atoms with Gasteiger partial charge in [0.1, 0.15) is 18.0 Å². The lowest BCUT2D eigenvalue weighted by Gasteiger charge is -2.38. The van der Waals surface area contributed by atoms with Gasteiger partial charge in [0.15, 0.2) is 0 Å². The Hall–Kier alpha value is -3.38. The number of benzene rings is 2. The smallest absolute Gasteiger partial charge is 0.238 e. The third-order valence-corrected chi connectivity index (χ3v) is 6.41. The Morgan fingerprint density at radius 3 is 2.43 bits per heavy atom. The summed E-state index contributed by atoms with van der Waals surface area (Å²) >= 11 is 0. The molecule has 150 valence electrons. The fourth-order valence-electron chi connectivity index (χ4n) is 5.14. The number of amides is 2. The van der Waals surface area contributed by atoms with Crippen molar-refractivity contribution in [1.29, 1.82) is 0 Å². The number of para-hydroxylation sites is 1. The molecule has 3 aliphatic rings. The minimum absolute atomic E-state index is 0.161. The highest BCUT2D eigenvalue weighted by Crippen LogP contribution is 2.54. The summed E-state index contributed by atoms with van der Waals surface area (Å²) in [5, 5.41) is 0. The summed E-state index contributed by atoms with van der Waals surface area (Å²) < 4.78 is 11.9. The van der Waals surface area contributed by atoms with Gasteiger partial charge in [-0.25, -0.2) is 0 Å². The summed E-state index contributed by atoms with van der Waals surface area (Å²) in [6.45, 7) is 0.700. The van der Waals surface area contributed by atoms with Gasteiger partial charge in [0, 0.05) is 11.3 Å². The molecule has 2 saturated heterocycles. The molecule has 0 N–H and O–H groups in total. The summed E-state index contributed by atoms with van der Waals surface area (Å²) in [5.41, 5.74) is 2.98. The van der Waals surface area contributed by atoms with Crippen molar-refractivity contribution < 1.29 is 18.7 Å². The van der Waals surface area contributed by atoms with Crippen molar-refractivity contribution in [2.24, 2.45) is 11.8 Å². The van der Waals surface area contributed by atoms with Gasteiger partial charge in [-0.3, -0.25) is 14.5 Å². The third kappa shape index (κ3) is 2.40. The molecule has 0 radical (unpaired) electrons. The highest BCUT2D eigenvalue weighted by atomic mass is 16.5. The quantitative estimate of drug-likeness (QED) is 0.630. The van der Waals surface area contributed by atoms with Gasteiger partial charge < -0.3 is 14.1 Å². The zero-order valence-corrected chi connectivity index (χ0v) is 16.2. The van der Waals surface area contributed by atoms with Crippen LogP contribution in [0.4, 0.5) is 5.69 Å². The molecular formula is C24H20N2O4. The van der Waals surface area contributed by atoms with E-state index in [4.69, 9.17) is 9.15 Å². The number of hydrogen-bond donors (Lipinski definition) is 0. The molecule has 6 nitrogen and oxygen atoms in total. The molecule has 4 heterocycles. The predicted molar refractivity (Wildman–Crippen MR) is 108 cm³/mol. The van der Waals surface area contributed by atoms with Crippen molar-refractivity contribution in [1.82, 2.24) is 4.90 Å². The highest BCUT2D eigenvalue weighted by Gasteiger charge is 2.64. The first-order valence-corrected chi connectivity index (χ1v) is 10.1. The Bertz CT molecular complexity index is 1110. The van der Waals surface area contributed by atoms with Gasteiger partial charge in [0.2, 0.25) is 11.8 Å². The minimum Gasteiger partial charge on any atom is -0.467 e. The monoisotopic (exact) mass is 400 g/mol. The first-order valence-electron chi connectivity index (χ1n) is 10.1. The van der Waals surface area contributed by atoms with Crippen LogP contribution < -0.4 is 4.90 Å². The van der Waals surface area contributed by atoms with Gasteiger partial charge >= 0.3 is 0 Å². The number of rotatable bonds is 3. The maximum atomic E-state index is 13.5. The van der Waals surface area contributed by atoms with Crippen LogP contribution in [0.3, 0.4) is 0 Å². The van der Waals surface area contributed by atoms with Crippen LogP contribution in [-0.4, -0.2) is 22.9 Å². The van der Waals surface area contributed by atoms with E-state index in [-0.39, 0.29) is 24.4 Å². The number of carbonyl (C=O) groups is 2. The molecule has 0 aliphatic carbocycles. The summed E-state index contributed by atoms with van der Waals surface area (Å²) in [4.78, 5) is 30.5. The van der Waals surface area contributed by atoms with Crippen LogP contribution in [0.2, 0.25) is 0 Å². The number of anilines is 1. The molecule has 3 aromatic rings. The van der Waals surface area contributed by atoms with E-state index in [2.05, 4.69) is 4.90 Å². The lowest BCUT2D eigenvalue weighted by atomic mass is 9.91. The standard InChI is InChI=1S/C24H20N2O4/c27-22-19-20(23(28)25(22)13-15-7-2-1-3-8-15)24-26(21(19)18-11-6-12-29-18)17-10-5-4-9-16(17)14-30-24/h1-12,19-21,24H,13-14H2/t19-,20-,21-,24-/m0/s1. The molecule has 0 unspecified atom stereocenters. The summed E-state index contributed by atoms with van der Waals surface area (Å²) in [6.07, 6.45) is 1.12. The number of hydrogen-bond acceptors (Lipinski definition) is 5. The van der Waals surface area contributed by atoms with E-state index in [9.17, 15) is 9.59 Å². The topological polar surface area (TPSA) is 63.0 Å². The number of ether oxygens (including phenoxy) is 1. The fraction of sp³-hybridized carbons (Fsp3) is 0.250. The van der Waals surface area contributed by atoms with E-state index in [1.807, 2.05) is 66.7 Å². The lowest BCUT2D eigenvalue weighted by Crippen LogP contribution is -2.45. The molecule has 0 saturated carbocycles. The van der Waals surface area contributed by atoms with E-state index in [0.717, 1.165) is 16.8 Å². The minimum atomic E-state index is -0.551. The molecule has 1 aromatic heterocycles. The number of imide groups is 1. The van der Waals surface area contributed by atoms with Gasteiger partial charge in [0.25, 0.3) is 0 Å². The van der Waals surface area contributed by atoms with Crippen molar-refractivity contribution in [3.05, 3.63) is 89.9 Å². The molecule has 2 amide bonds. The van der Waals surface area contributed by atoms with Crippen LogP contribution in [0.5, 0.6) is 0 Å². The Morgan fingerprint density at radius 1 is 0.867 bits per heavy atom. The molecule has 4 atom stereocenters. The molecule has 30 heavy (non-hydrogen) atoms. The van der Waals surface area contributed by atoms with Crippen LogP contribution in [0.25, 0.3) is 0 Å². The first-order chi connectivity index (χ1) is 14.7. The average molecular weight is 400 g/mol. The van der Waals surface area contributed by atoms with E-state index in [0.29, 0.717) is 12.4 Å². The number of carbonyl (C=O) groups excluding carboxylic acids is 2. The van der Waals surface area contributed by atoms with E-state index in [1.165, 1.54) is 4.90 Å². The Labute approximate surface area is 173 Å². The Morgan fingerprint density at radius 2 is 1.63 bits per heavy atom. The van der Waals surface area contributed by atoms with Gasteiger partial charge in [-0.05, 0) is 23.8 Å². The van der Waals surface area contributed by atoms with Gasteiger partial charge in [-0.15, -0.1) is 0 Å². The number of fused-ring (bicyclic) bond motifs is 5. The van der Waals surface area contributed by atoms with Crippen molar-refractivity contribution in [3.63, 3.8) is 0 Å². The fourth-order valence-corrected chi connectivity index (χ4v) is 5.14. The number of nitrogens with zero attached hydrogens (tertiary/aromatic N) is 2. The Balaban J connectivity index is 1.44. The van der Waals surface area contributed by atoms with Crippen LogP contribution in [0.1, 0.15) is 22.9 Å². The maximum absolute atomic E-state index is 13.5. The SMILES string of the molecule is O=C1[C@@H]2[C@H](C(=O)N1Cc1ccccc1)[C@H](c1ccco1)N1c3ccccc3CO[C@@H]21. The van der Waals surface area contributed by atoms with Crippen LogP contribution in [0.15, 0.2) is 77.4 Å². The van der Waals surface area contributed by atoms with Crippen molar-refractivity contribution >= 4 is 17.5 Å². The predicted octanol–water partition coefficient (Wildman–Crippen LogP) is 3.50. The zero-order valence-electron chi connectivity index (χ0n) is 16.2. The first kappa shape index (κ1) is 17.5. The second kappa shape index (κ2) is 6.57. The van der Waals surface area contributed by atoms with E-state index < -0.39 is 18.1 Å². The summed E-state index contributed by atoms with van der Waals surface area (Å²) in [5.74, 6) is -0.744. The zero-order chi connectivity index (χ0) is 20.2. The van der Waals surface area contributed by atoms with Crippen LogP contribution >= 0.6 is 0 Å². The van der Waals surface area contributed by atoms with Crippen LogP contribution in [0, 0.1) is 11.8 Å². The van der Waals surface area contributed by atoms with Crippen molar-refractivity contribution in [3.8, 4) is 0 Å². The molecule has 2 aromatic carbocycles. The second-order valence-corrected chi connectivity index (χ2v) is 8.00. The third-order valence-electron chi connectivity index (χ3n) is 6.41. The molecule has 6 rings (SSSR count). The molecule has 3 aliphatic heterocycles. The van der Waals surface area contributed by atoms with Gasteiger partial charge in [-0.1, -0.05) is 48.5 Å². The van der Waals surface area contributed by atoms with Gasteiger partial charge in [0.05, 0.1) is 31.3 Å². The Kier molecular flexibility index (Phi) is 3.83.